The third kappa shape index (κ3) is 7.71. The fourth-order valence-corrected chi connectivity index (χ4v) is 16.4. The number of hydrogen-bond acceptors (Lipinski definition) is 8. The van der Waals surface area contributed by atoms with Gasteiger partial charge in [-0.1, -0.05) is 90.0 Å². The smallest absolute Gasteiger partial charge is 0.410 e. The number of carbonyl (C=O) groups is 1. The zero-order valence-electron chi connectivity index (χ0n) is 37.3. The van der Waals surface area contributed by atoms with E-state index in [1.807, 2.05) is 37.8 Å². The lowest BCUT2D eigenvalue weighted by molar-refractivity contribution is 0.0122. The van der Waals surface area contributed by atoms with Crippen molar-refractivity contribution in [1.29, 1.82) is 0 Å². The van der Waals surface area contributed by atoms with E-state index < -0.39 is 25.3 Å². The molecule has 0 radical (unpaired) electrons. The van der Waals surface area contributed by atoms with Crippen LogP contribution in [0.3, 0.4) is 0 Å². The van der Waals surface area contributed by atoms with E-state index in [1.165, 1.54) is 12.1 Å². The molecule has 61 heavy (non-hydrogen) atoms. The van der Waals surface area contributed by atoms with E-state index in [4.69, 9.17) is 24.4 Å². The number of aromatic nitrogens is 3. The highest BCUT2D eigenvalue weighted by molar-refractivity contribution is 6.90. The molecular weight excluding hydrogens is 787 g/mol. The quantitative estimate of drug-likeness (QED) is 0.0985. The average molecular weight is 847 g/mol. The first-order valence-electron chi connectivity index (χ1n) is 21.9. The molecule has 4 saturated heterocycles. The van der Waals surface area contributed by atoms with E-state index in [1.54, 1.807) is 12.3 Å². The SMILES string of the molecule is C=C1CN2CC(=C)CC2(COc2nc(N3C[C@H]4CC[C@@H](C3)N4C(=O)OC(C)(C)C)c3cnc(-c4cccc5cc(F)cc(C#C[Si](C(C)C)(C(C)C)C(C)C)c45)c(F)c3n2)C1. The molecule has 0 spiro atoms. The molecule has 2 bridgehead atoms. The molecule has 0 saturated carbocycles. The molecule has 0 unspecified atom stereocenters. The maximum Gasteiger partial charge on any atom is 0.410 e. The number of rotatable bonds is 8. The van der Waals surface area contributed by atoms with Crippen LogP contribution in [-0.2, 0) is 4.74 Å². The highest BCUT2D eigenvalue weighted by Crippen LogP contribution is 2.45. The summed E-state index contributed by atoms with van der Waals surface area (Å²) >= 11 is 0. The maximum atomic E-state index is 17.6. The number of piperazine rings is 1. The molecule has 4 aliphatic heterocycles. The lowest BCUT2D eigenvalue weighted by atomic mass is 9.92. The lowest BCUT2D eigenvalue weighted by Crippen LogP contribution is -2.57. The van der Waals surface area contributed by atoms with E-state index in [2.05, 4.69) is 76.0 Å². The van der Waals surface area contributed by atoms with Gasteiger partial charge in [0.2, 0.25) is 0 Å². The second-order valence-corrected chi connectivity index (χ2v) is 25.5. The number of benzene rings is 2. The van der Waals surface area contributed by atoms with Crippen molar-refractivity contribution in [1.82, 2.24) is 24.8 Å². The molecule has 0 N–H and O–H groups in total. The van der Waals surface area contributed by atoms with E-state index in [0.29, 0.717) is 62.8 Å². The van der Waals surface area contributed by atoms with Crippen LogP contribution in [0.2, 0.25) is 16.6 Å². The van der Waals surface area contributed by atoms with Crippen LogP contribution in [0.5, 0.6) is 6.01 Å². The third-order valence-electron chi connectivity index (χ3n) is 13.6. The summed E-state index contributed by atoms with van der Waals surface area (Å²) in [5.74, 6) is 2.94. The Kier molecular flexibility index (Phi) is 11.1. The number of nitrogens with zero attached hydrogens (tertiary/aromatic N) is 6. The van der Waals surface area contributed by atoms with Gasteiger partial charge in [-0.3, -0.25) is 14.8 Å². The Labute approximate surface area is 360 Å². The standard InChI is InChI=1S/C49H60F2N6O3Si/c1-29(2)61(30(3)4,31(5)6)18-17-35-20-36(50)19-34-13-12-14-39(41(34)35)43-42(51)44-40(23-52-43)45(55-26-37-15-16-38(27-55)57(37)47(58)60-48(9,10)11)54-46(53-44)59-28-49-21-32(7)24-56(49)25-33(8)22-49/h12-14,19-20,23,29-31,37-38H,7-8,15-16,21-22,24-28H2,1-6,9-11H3/t37-,38+. The fraction of sp³-hybridized carbons (Fsp3) is 0.510. The minimum atomic E-state index is -2.20. The van der Waals surface area contributed by atoms with Crippen LogP contribution in [0.1, 0.15) is 93.6 Å². The third-order valence-corrected chi connectivity index (χ3v) is 19.9. The first-order valence-corrected chi connectivity index (χ1v) is 24.1. The molecule has 6 heterocycles. The number of ether oxygens (including phenoxy) is 2. The van der Waals surface area contributed by atoms with E-state index >= 15 is 8.78 Å². The van der Waals surface area contributed by atoms with Crippen molar-refractivity contribution in [3.05, 3.63) is 78.0 Å². The molecule has 4 aromatic rings. The molecule has 12 heteroatoms. The molecule has 9 nitrogen and oxygen atoms in total. The van der Waals surface area contributed by atoms with Crippen LogP contribution in [0.15, 0.2) is 60.8 Å². The first kappa shape index (κ1) is 42.8. The first-order chi connectivity index (χ1) is 28.8. The highest BCUT2D eigenvalue weighted by Gasteiger charge is 2.49. The average Bonchev–Trinajstić information content (AvgIpc) is 3.74. The van der Waals surface area contributed by atoms with Crippen molar-refractivity contribution < 1.29 is 23.0 Å². The molecule has 8 rings (SSSR count). The number of fused-ring (bicyclic) bond motifs is 5. The zero-order valence-corrected chi connectivity index (χ0v) is 38.3. The molecular formula is C49H60F2N6O3Si. The normalized spacial score (nSPS) is 20.4. The molecule has 4 fully saturated rings. The maximum absolute atomic E-state index is 17.6. The minimum absolute atomic E-state index is 0.0636. The summed E-state index contributed by atoms with van der Waals surface area (Å²) in [6.45, 7) is 30.4. The summed E-state index contributed by atoms with van der Waals surface area (Å²) in [5.41, 5.74) is 7.40. The Morgan fingerprint density at radius 3 is 2.21 bits per heavy atom. The van der Waals surface area contributed by atoms with Gasteiger partial charge in [-0.05, 0) is 80.6 Å². The topological polar surface area (TPSA) is 83.9 Å². The van der Waals surface area contributed by atoms with Gasteiger partial charge >= 0.3 is 12.1 Å². The minimum Gasteiger partial charge on any atom is -0.461 e. The van der Waals surface area contributed by atoms with Crippen molar-refractivity contribution in [2.75, 3.05) is 37.7 Å². The van der Waals surface area contributed by atoms with Crippen LogP contribution in [0.25, 0.3) is 32.9 Å². The number of anilines is 1. The Balaban J connectivity index is 1.25. The van der Waals surface area contributed by atoms with Gasteiger partial charge in [-0.2, -0.15) is 9.97 Å². The van der Waals surface area contributed by atoms with Gasteiger partial charge in [0, 0.05) is 48.9 Å². The molecule has 2 atom stereocenters. The Hall–Kier alpha value is -4.86. The van der Waals surface area contributed by atoms with E-state index in [9.17, 15) is 4.79 Å². The fourth-order valence-electron chi connectivity index (χ4n) is 11.2. The molecule has 1 amide bonds. The van der Waals surface area contributed by atoms with Crippen LogP contribution in [0.4, 0.5) is 19.4 Å². The molecule has 0 aliphatic carbocycles. The van der Waals surface area contributed by atoms with Crippen molar-refractivity contribution in [2.24, 2.45) is 0 Å². The van der Waals surface area contributed by atoms with Gasteiger partial charge < -0.3 is 14.4 Å². The molecule has 2 aromatic carbocycles. The number of pyridine rings is 1. The summed E-state index contributed by atoms with van der Waals surface area (Å²) in [6, 6.07) is 8.23. The summed E-state index contributed by atoms with van der Waals surface area (Å²) in [5, 5.41) is 1.69. The van der Waals surface area contributed by atoms with Crippen LogP contribution < -0.4 is 9.64 Å². The van der Waals surface area contributed by atoms with Gasteiger partial charge in [-0.25, -0.2) is 13.6 Å². The second kappa shape index (κ2) is 15.8. The predicted octanol–water partition coefficient (Wildman–Crippen LogP) is 10.6. The van der Waals surface area contributed by atoms with Crippen LogP contribution in [-0.4, -0.2) is 94.9 Å². The number of carbonyl (C=O) groups excluding carboxylic acids is 1. The summed E-state index contributed by atoms with van der Waals surface area (Å²) in [6.07, 6.45) is 4.49. The Morgan fingerprint density at radius 2 is 1.61 bits per heavy atom. The van der Waals surface area contributed by atoms with Gasteiger partial charge in [0.25, 0.3) is 0 Å². The van der Waals surface area contributed by atoms with Crippen molar-refractivity contribution >= 4 is 41.7 Å². The van der Waals surface area contributed by atoms with Gasteiger partial charge in [0.1, 0.15) is 43.1 Å². The second-order valence-electron chi connectivity index (χ2n) is 19.9. The monoisotopic (exact) mass is 846 g/mol. The van der Waals surface area contributed by atoms with E-state index in [-0.39, 0.29) is 47.5 Å². The predicted molar refractivity (Wildman–Crippen MR) is 243 cm³/mol. The molecule has 322 valence electrons. The van der Waals surface area contributed by atoms with Crippen molar-refractivity contribution in [3.8, 4) is 28.7 Å². The number of halogens is 2. The summed E-state index contributed by atoms with van der Waals surface area (Å²) in [7, 11) is -2.20. The van der Waals surface area contributed by atoms with Gasteiger partial charge in [-0.15, -0.1) is 5.54 Å². The summed E-state index contributed by atoms with van der Waals surface area (Å²) < 4.78 is 45.4. The summed E-state index contributed by atoms with van der Waals surface area (Å²) in [4.78, 5) is 34.3. The highest BCUT2D eigenvalue weighted by atomic mass is 28.3. The molecule has 2 aromatic heterocycles. The van der Waals surface area contributed by atoms with E-state index in [0.717, 1.165) is 49.9 Å². The van der Waals surface area contributed by atoms with Gasteiger partial charge in [0.05, 0.1) is 23.0 Å². The number of hydrogen-bond donors (Lipinski definition) is 0. The van der Waals surface area contributed by atoms with Crippen molar-refractivity contribution in [2.45, 2.75) is 128 Å². The lowest BCUT2D eigenvalue weighted by Gasteiger charge is -2.42. The Bertz CT molecular complexity index is 2450. The Morgan fingerprint density at radius 1 is 0.967 bits per heavy atom. The zero-order chi connectivity index (χ0) is 43.8. The van der Waals surface area contributed by atoms with Crippen LogP contribution in [0, 0.1) is 23.1 Å². The number of amides is 1. The van der Waals surface area contributed by atoms with Crippen LogP contribution >= 0.6 is 0 Å². The van der Waals surface area contributed by atoms with Crippen molar-refractivity contribution in [3.63, 3.8) is 0 Å². The van der Waals surface area contributed by atoms with Gasteiger partial charge in [0.15, 0.2) is 5.82 Å². The largest absolute Gasteiger partial charge is 0.461 e. The molecule has 4 aliphatic rings.